The lowest BCUT2D eigenvalue weighted by molar-refractivity contribution is 0.143. The lowest BCUT2D eigenvalue weighted by atomic mass is 10.1. The molecule has 0 aromatic rings. The Morgan fingerprint density at radius 3 is 1.50 bits per heavy atom. The third-order valence-corrected chi connectivity index (χ3v) is 4.25. The Hall–Kier alpha value is -0.300. The minimum Gasteiger partial charge on any atom is -0.382 e. The summed E-state index contributed by atoms with van der Waals surface area (Å²) in [5, 5.41) is 0. The maximum Gasteiger partial charge on any atom is 0.0465 e. The number of allylic oxidation sites excluding steroid dienone is 2. The van der Waals surface area contributed by atoms with Crippen molar-refractivity contribution in [3.05, 3.63) is 12.2 Å². The van der Waals surface area contributed by atoms with Gasteiger partial charge in [0.2, 0.25) is 0 Å². The molecule has 1 heteroatoms. The van der Waals surface area contributed by atoms with Gasteiger partial charge in [-0.15, -0.1) is 0 Å². The van der Waals surface area contributed by atoms with Gasteiger partial charge in [-0.1, -0.05) is 83.3 Å². The summed E-state index contributed by atoms with van der Waals surface area (Å²) < 4.78 is 5.35. The van der Waals surface area contributed by atoms with Crippen molar-refractivity contribution in [2.45, 2.75) is 110 Å². The van der Waals surface area contributed by atoms with Gasteiger partial charge in [-0.3, -0.25) is 0 Å². The van der Waals surface area contributed by atoms with E-state index in [-0.39, 0.29) is 0 Å². The van der Waals surface area contributed by atoms with Crippen LogP contribution in [-0.4, -0.2) is 13.2 Å². The largest absolute Gasteiger partial charge is 0.382 e. The number of unbranched alkanes of at least 4 members (excludes halogenated alkanes) is 13. The number of rotatable bonds is 18. The van der Waals surface area contributed by atoms with Gasteiger partial charge in [0, 0.05) is 13.2 Å². The van der Waals surface area contributed by atoms with E-state index < -0.39 is 0 Å². The molecule has 22 heavy (non-hydrogen) atoms. The van der Waals surface area contributed by atoms with E-state index in [4.69, 9.17) is 4.74 Å². The molecule has 0 unspecified atom stereocenters. The SMILES string of the molecule is CCCCCCCCC=CCCCCCCCCCOCC. The summed E-state index contributed by atoms with van der Waals surface area (Å²) in [6.07, 6.45) is 25.5. The van der Waals surface area contributed by atoms with Gasteiger partial charge in [0.25, 0.3) is 0 Å². The number of hydrogen-bond acceptors (Lipinski definition) is 1. The Balaban J connectivity index is 3.02. The predicted molar refractivity (Wildman–Crippen MR) is 101 cm³/mol. The molecule has 132 valence electrons. The molecule has 0 bridgehead atoms. The van der Waals surface area contributed by atoms with Crippen LogP contribution in [-0.2, 0) is 4.74 Å². The van der Waals surface area contributed by atoms with E-state index in [0.29, 0.717) is 0 Å². The molecule has 0 rings (SSSR count). The van der Waals surface area contributed by atoms with Gasteiger partial charge in [0.05, 0.1) is 0 Å². The minimum absolute atomic E-state index is 0.867. The Bertz CT molecular complexity index is 210. The average Bonchev–Trinajstić information content (AvgIpc) is 2.54. The van der Waals surface area contributed by atoms with Crippen LogP contribution >= 0.6 is 0 Å². The van der Waals surface area contributed by atoms with Gasteiger partial charge in [0.15, 0.2) is 0 Å². The lowest BCUT2D eigenvalue weighted by Crippen LogP contribution is -1.92. The highest BCUT2D eigenvalue weighted by atomic mass is 16.5. The zero-order valence-electron chi connectivity index (χ0n) is 15.6. The van der Waals surface area contributed by atoms with Crippen LogP contribution in [0.15, 0.2) is 12.2 Å². The Labute approximate surface area is 140 Å². The van der Waals surface area contributed by atoms with Gasteiger partial charge in [0.1, 0.15) is 0 Å². The minimum atomic E-state index is 0.867. The van der Waals surface area contributed by atoms with Gasteiger partial charge >= 0.3 is 0 Å². The molecule has 0 atom stereocenters. The fourth-order valence-electron chi connectivity index (χ4n) is 2.77. The van der Waals surface area contributed by atoms with Gasteiger partial charge in [-0.2, -0.15) is 0 Å². The maximum absolute atomic E-state index is 5.35. The van der Waals surface area contributed by atoms with Crippen molar-refractivity contribution in [2.24, 2.45) is 0 Å². The fraction of sp³-hybridized carbons (Fsp3) is 0.905. The van der Waals surface area contributed by atoms with Crippen LogP contribution in [0.25, 0.3) is 0 Å². The van der Waals surface area contributed by atoms with Gasteiger partial charge in [-0.25, -0.2) is 0 Å². The van der Waals surface area contributed by atoms with Crippen molar-refractivity contribution in [2.75, 3.05) is 13.2 Å². The average molecular weight is 311 g/mol. The molecule has 0 spiro atoms. The molecule has 1 nitrogen and oxygen atoms in total. The first-order valence-electron chi connectivity index (χ1n) is 10.1. The molecule has 0 N–H and O–H groups in total. The third kappa shape index (κ3) is 19.7. The molecule has 0 radical (unpaired) electrons. The molecule has 0 fully saturated rings. The van der Waals surface area contributed by atoms with Crippen LogP contribution < -0.4 is 0 Å². The zero-order chi connectivity index (χ0) is 16.1. The normalized spacial score (nSPS) is 11.5. The summed E-state index contributed by atoms with van der Waals surface area (Å²) >= 11 is 0. The highest BCUT2D eigenvalue weighted by molar-refractivity contribution is 4.81. The highest BCUT2D eigenvalue weighted by Gasteiger charge is 1.92. The van der Waals surface area contributed by atoms with Crippen LogP contribution in [0.2, 0.25) is 0 Å². The first-order chi connectivity index (χ1) is 10.9. The summed E-state index contributed by atoms with van der Waals surface area (Å²) in [5.74, 6) is 0. The van der Waals surface area contributed by atoms with Gasteiger partial charge in [-0.05, 0) is 39.0 Å². The van der Waals surface area contributed by atoms with Crippen molar-refractivity contribution in [1.82, 2.24) is 0 Å². The van der Waals surface area contributed by atoms with E-state index in [1.165, 1.54) is 96.3 Å². The van der Waals surface area contributed by atoms with Crippen LogP contribution in [0.4, 0.5) is 0 Å². The lowest BCUT2D eigenvalue weighted by Gasteiger charge is -2.02. The van der Waals surface area contributed by atoms with Crippen molar-refractivity contribution in [3.63, 3.8) is 0 Å². The molecule has 0 heterocycles. The number of ether oxygens (including phenoxy) is 1. The van der Waals surface area contributed by atoms with Gasteiger partial charge < -0.3 is 4.74 Å². The van der Waals surface area contributed by atoms with Crippen LogP contribution in [0, 0.1) is 0 Å². The monoisotopic (exact) mass is 310 g/mol. The predicted octanol–water partition coefficient (Wildman–Crippen LogP) is 7.45. The van der Waals surface area contributed by atoms with E-state index in [0.717, 1.165) is 13.2 Å². The Morgan fingerprint density at radius 1 is 0.545 bits per heavy atom. The summed E-state index contributed by atoms with van der Waals surface area (Å²) in [6.45, 7) is 6.18. The molecule has 0 aromatic carbocycles. The second-order valence-corrected chi connectivity index (χ2v) is 6.49. The first-order valence-corrected chi connectivity index (χ1v) is 10.1. The molecule has 0 aliphatic heterocycles. The van der Waals surface area contributed by atoms with Crippen molar-refractivity contribution in [3.8, 4) is 0 Å². The van der Waals surface area contributed by atoms with Crippen LogP contribution in [0.5, 0.6) is 0 Å². The molecular formula is C21H42O. The van der Waals surface area contributed by atoms with Crippen LogP contribution in [0.3, 0.4) is 0 Å². The third-order valence-electron chi connectivity index (χ3n) is 4.25. The van der Waals surface area contributed by atoms with Crippen LogP contribution in [0.1, 0.15) is 110 Å². The summed E-state index contributed by atoms with van der Waals surface area (Å²) in [5.41, 5.74) is 0. The Morgan fingerprint density at radius 2 is 1.00 bits per heavy atom. The molecule has 0 saturated heterocycles. The fourth-order valence-corrected chi connectivity index (χ4v) is 2.77. The quantitative estimate of drug-likeness (QED) is 0.189. The molecule has 0 aliphatic carbocycles. The molecule has 0 aliphatic rings. The molecule has 0 aromatic heterocycles. The van der Waals surface area contributed by atoms with Crippen molar-refractivity contribution < 1.29 is 4.74 Å². The smallest absolute Gasteiger partial charge is 0.0465 e. The topological polar surface area (TPSA) is 9.23 Å². The van der Waals surface area contributed by atoms with Crippen molar-refractivity contribution >= 4 is 0 Å². The second-order valence-electron chi connectivity index (χ2n) is 6.49. The van der Waals surface area contributed by atoms with E-state index in [1.54, 1.807) is 0 Å². The summed E-state index contributed by atoms with van der Waals surface area (Å²) in [4.78, 5) is 0. The number of hydrogen-bond donors (Lipinski definition) is 0. The van der Waals surface area contributed by atoms with E-state index >= 15 is 0 Å². The standard InChI is InChI=1S/C21H42O/c1-3-5-6-7-8-9-10-11-12-13-14-15-16-17-18-19-20-21-22-4-2/h11-12H,3-10,13-21H2,1-2H3. The van der Waals surface area contributed by atoms with E-state index in [9.17, 15) is 0 Å². The molecule has 0 saturated carbocycles. The zero-order valence-corrected chi connectivity index (χ0v) is 15.6. The Kier molecular flexibility index (Phi) is 20.4. The van der Waals surface area contributed by atoms with E-state index in [2.05, 4.69) is 26.0 Å². The maximum atomic E-state index is 5.35. The molecular weight excluding hydrogens is 268 g/mol. The van der Waals surface area contributed by atoms with E-state index in [1.807, 2.05) is 0 Å². The highest BCUT2D eigenvalue weighted by Crippen LogP contribution is 2.10. The first kappa shape index (κ1) is 21.7. The van der Waals surface area contributed by atoms with Crippen molar-refractivity contribution in [1.29, 1.82) is 0 Å². The molecule has 0 amide bonds. The second kappa shape index (κ2) is 20.7. The summed E-state index contributed by atoms with van der Waals surface area (Å²) in [7, 11) is 0. The summed E-state index contributed by atoms with van der Waals surface area (Å²) in [6, 6.07) is 0.